The quantitative estimate of drug-likeness (QED) is 0.844. The van der Waals surface area contributed by atoms with E-state index in [9.17, 15) is 13.6 Å². The summed E-state index contributed by atoms with van der Waals surface area (Å²) >= 11 is 0. The molecule has 2 N–H and O–H groups in total. The summed E-state index contributed by atoms with van der Waals surface area (Å²) in [6, 6.07) is 0. The highest BCUT2D eigenvalue weighted by Crippen LogP contribution is 2.38. The molecule has 0 radical (unpaired) electrons. The van der Waals surface area contributed by atoms with Crippen LogP contribution in [0.15, 0.2) is 0 Å². The summed E-state index contributed by atoms with van der Waals surface area (Å²) in [6.45, 7) is 0.422. The maximum Gasteiger partial charge on any atom is 0.248 e. The van der Waals surface area contributed by atoms with E-state index < -0.39 is 12.0 Å². The summed E-state index contributed by atoms with van der Waals surface area (Å²) in [6.07, 6.45) is 2.34. The van der Waals surface area contributed by atoms with Crippen molar-refractivity contribution in [2.75, 3.05) is 6.54 Å². The molecule has 1 saturated carbocycles. The van der Waals surface area contributed by atoms with Gasteiger partial charge in [0, 0.05) is 25.8 Å². The van der Waals surface area contributed by atoms with Crippen LogP contribution < -0.4 is 5.73 Å². The second-order valence-corrected chi connectivity index (χ2v) is 5.55. The van der Waals surface area contributed by atoms with Crippen molar-refractivity contribution in [3.05, 3.63) is 0 Å². The number of hydrogen-bond donors (Lipinski definition) is 1. The third kappa shape index (κ3) is 3.48. The van der Waals surface area contributed by atoms with Crippen molar-refractivity contribution in [1.29, 1.82) is 0 Å². The number of carbonyl (C=O) groups excluding carboxylic acids is 1. The van der Waals surface area contributed by atoms with Crippen molar-refractivity contribution in [3.8, 4) is 0 Å². The van der Waals surface area contributed by atoms with Crippen molar-refractivity contribution in [2.24, 2.45) is 11.7 Å². The molecule has 1 heterocycles. The summed E-state index contributed by atoms with van der Waals surface area (Å²) in [7, 11) is 0. The van der Waals surface area contributed by atoms with E-state index in [1.807, 2.05) is 0 Å². The van der Waals surface area contributed by atoms with Crippen LogP contribution in [-0.2, 0) is 9.53 Å². The van der Waals surface area contributed by atoms with Gasteiger partial charge in [0.15, 0.2) is 5.78 Å². The van der Waals surface area contributed by atoms with Gasteiger partial charge in [-0.1, -0.05) is 0 Å². The molecule has 0 spiro atoms. The highest BCUT2D eigenvalue weighted by atomic mass is 19.3. The van der Waals surface area contributed by atoms with Gasteiger partial charge in [0.05, 0.1) is 6.10 Å². The number of ketones is 1. The van der Waals surface area contributed by atoms with Crippen LogP contribution in [0.4, 0.5) is 8.78 Å². The van der Waals surface area contributed by atoms with Crippen molar-refractivity contribution in [1.82, 2.24) is 0 Å². The molecule has 0 bridgehead atoms. The van der Waals surface area contributed by atoms with Gasteiger partial charge in [-0.25, -0.2) is 8.78 Å². The smallest absolute Gasteiger partial charge is 0.248 e. The Hall–Kier alpha value is -0.550. The summed E-state index contributed by atoms with van der Waals surface area (Å²) in [5.74, 6) is -2.78. The van der Waals surface area contributed by atoms with Crippen LogP contribution in [0.5, 0.6) is 0 Å². The average Bonchev–Trinajstić information content (AvgIpc) is 2.76. The number of Topliss-reactive ketones (excluding diaryl/α,β-unsaturated/α-hetero) is 1. The Kier molecular flexibility index (Phi) is 4.33. The highest BCUT2D eigenvalue weighted by molar-refractivity contribution is 5.83. The van der Waals surface area contributed by atoms with Gasteiger partial charge >= 0.3 is 0 Å². The molecule has 1 saturated heterocycles. The first-order valence-electron chi connectivity index (χ1n) is 6.76. The van der Waals surface area contributed by atoms with E-state index >= 15 is 0 Å². The van der Waals surface area contributed by atoms with Crippen molar-refractivity contribution < 1.29 is 18.3 Å². The Balaban J connectivity index is 1.81. The predicted octanol–water partition coefficient (Wildman–Crippen LogP) is 2.28. The lowest BCUT2D eigenvalue weighted by atomic mass is 9.82. The predicted molar refractivity (Wildman–Crippen MR) is 63.5 cm³/mol. The van der Waals surface area contributed by atoms with Crippen LogP contribution >= 0.6 is 0 Å². The summed E-state index contributed by atoms with van der Waals surface area (Å²) < 4.78 is 32.0. The van der Waals surface area contributed by atoms with Crippen LogP contribution in [0.1, 0.15) is 44.9 Å². The second-order valence-electron chi connectivity index (χ2n) is 5.55. The molecule has 2 aliphatic rings. The Morgan fingerprint density at radius 1 is 1.33 bits per heavy atom. The fourth-order valence-corrected chi connectivity index (χ4v) is 2.98. The first-order valence-corrected chi connectivity index (χ1v) is 6.76. The summed E-state index contributed by atoms with van der Waals surface area (Å²) in [5, 5.41) is 0. The first kappa shape index (κ1) is 13.9. The zero-order valence-electron chi connectivity index (χ0n) is 10.5. The van der Waals surface area contributed by atoms with E-state index in [0.717, 1.165) is 12.8 Å². The van der Waals surface area contributed by atoms with Gasteiger partial charge < -0.3 is 10.5 Å². The lowest BCUT2D eigenvalue weighted by Crippen LogP contribution is -2.31. The zero-order chi connectivity index (χ0) is 13.2. The number of rotatable bonds is 4. The van der Waals surface area contributed by atoms with Crippen LogP contribution in [0.3, 0.4) is 0 Å². The van der Waals surface area contributed by atoms with Crippen molar-refractivity contribution in [3.63, 3.8) is 0 Å². The van der Waals surface area contributed by atoms with Gasteiger partial charge in [0.25, 0.3) is 0 Å². The molecule has 3 nitrogen and oxygen atoms in total. The second kappa shape index (κ2) is 5.61. The fraction of sp³-hybridized carbons (Fsp3) is 0.923. The van der Waals surface area contributed by atoms with Crippen molar-refractivity contribution >= 4 is 5.78 Å². The molecule has 0 amide bonds. The lowest BCUT2D eigenvalue weighted by Gasteiger charge is -2.28. The number of halogens is 2. The van der Waals surface area contributed by atoms with E-state index in [0.29, 0.717) is 19.4 Å². The zero-order valence-corrected chi connectivity index (χ0v) is 10.5. The van der Waals surface area contributed by atoms with Gasteiger partial charge in [-0.15, -0.1) is 0 Å². The number of hydrogen-bond acceptors (Lipinski definition) is 3. The highest BCUT2D eigenvalue weighted by Gasteiger charge is 2.38. The van der Waals surface area contributed by atoms with Crippen LogP contribution in [-0.4, -0.2) is 30.5 Å². The number of ether oxygens (including phenoxy) is 1. The molecule has 2 rings (SSSR count). The average molecular weight is 261 g/mol. The third-order valence-electron chi connectivity index (χ3n) is 3.96. The van der Waals surface area contributed by atoms with E-state index in [1.165, 1.54) is 0 Å². The van der Waals surface area contributed by atoms with Crippen LogP contribution in [0, 0.1) is 5.92 Å². The molecule has 104 valence electrons. The van der Waals surface area contributed by atoms with Gasteiger partial charge in [0.1, 0.15) is 6.10 Å². The van der Waals surface area contributed by atoms with Crippen molar-refractivity contribution in [2.45, 2.75) is 63.1 Å². The SMILES string of the molecule is NCC1CCC(C(=O)CC2CCCC(F)(F)C2)O1. The Bertz CT molecular complexity index is 309. The number of carbonyl (C=O) groups is 1. The Morgan fingerprint density at radius 3 is 2.72 bits per heavy atom. The summed E-state index contributed by atoms with van der Waals surface area (Å²) in [5.41, 5.74) is 5.48. The van der Waals surface area contributed by atoms with Crippen LogP contribution in [0.2, 0.25) is 0 Å². The van der Waals surface area contributed by atoms with Crippen LogP contribution in [0.25, 0.3) is 0 Å². The molecule has 1 aliphatic heterocycles. The van der Waals surface area contributed by atoms with E-state index in [2.05, 4.69) is 0 Å². The fourth-order valence-electron chi connectivity index (χ4n) is 2.98. The molecular weight excluding hydrogens is 240 g/mol. The molecule has 0 aromatic rings. The standard InChI is InChI=1S/C13H21F2NO2/c14-13(15)5-1-2-9(7-13)6-11(17)12-4-3-10(8-16)18-12/h9-10,12H,1-8,16H2. The minimum absolute atomic E-state index is 0.0198. The molecule has 3 atom stereocenters. The topological polar surface area (TPSA) is 52.3 Å². The van der Waals surface area contributed by atoms with Gasteiger partial charge in [-0.3, -0.25) is 4.79 Å². The largest absolute Gasteiger partial charge is 0.366 e. The number of alkyl halides is 2. The maximum absolute atomic E-state index is 13.2. The molecule has 2 fully saturated rings. The summed E-state index contributed by atoms with van der Waals surface area (Å²) in [4.78, 5) is 12.0. The molecular formula is C13H21F2NO2. The maximum atomic E-state index is 13.2. The molecule has 0 aromatic carbocycles. The number of nitrogens with two attached hydrogens (primary N) is 1. The monoisotopic (exact) mass is 261 g/mol. The normalized spacial score (nSPS) is 35.6. The minimum Gasteiger partial charge on any atom is -0.366 e. The molecule has 3 unspecified atom stereocenters. The Morgan fingerprint density at radius 2 is 2.11 bits per heavy atom. The lowest BCUT2D eigenvalue weighted by molar-refractivity contribution is -0.132. The Labute approximate surface area is 106 Å². The molecule has 0 aromatic heterocycles. The molecule has 5 heteroatoms. The third-order valence-corrected chi connectivity index (χ3v) is 3.96. The van der Waals surface area contributed by atoms with Gasteiger partial charge in [0.2, 0.25) is 5.92 Å². The van der Waals surface area contributed by atoms with Gasteiger partial charge in [-0.05, 0) is 31.6 Å². The minimum atomic E-state index is -2.58. The molecule has 18 heavy (non-hydrogen) atoms. The van der Waals surface area contributed by atoms with Gasteiger partial charge in [-0.2, -0.15) is 0 Å². The molecule has 1 aliphatic carbocycles. The van der Waals surface area contributed by atoms with E-state index in [4.69, 9.17) is 10.5 Å². The first-order chi connectivity index (χ1) is 8.50. The van der Waals surface area contributed by atoms with E-state index in [1.54, 1.807) is 0 Å². The van der Waals surface area contributed by atoms with E-state index in [-0.39, 0.29) is 37.1 Å².